The van der Waals surface area contributed by atoms with Gasteiger partial charge < -0.3 is 4.90 Å². The number of aromatic nitrogens is 1. The van der Waals surface area contributed by atoms with Gasteiger partial charge in [-0.15, -0.1) is 0 Å². The zero-order chi connectivity index (χ0) is 16.4. The molecule has 1 aromatic carbocycles. The summed E-state index contributed by atoms with van der Waals surface area (Å²) in [6, 6.07) is 10.8. The summed E-state index contributed by atoms with van der Waals surface area (Å²) in [7, 11) is 0. The van der Waals surface area contributed by atoms with Crippen molar-refractivity contribution in [2.45, 2.75) is 39.0 Å². The molecule has 0 amide bonds. The first-order valence-corrected chi connectivity index (χ1v) is 9.63. The molecule has 1 aliphatic heterocycles. The minimum absolute atomic E-state index is 0.953. The number of fused-ring (bicyclic) bond motifs is 1. The third kappa shape index (κ3) is 3.41. The van der Waals surface area contributed by atoms with Gasteiger partial charge >= 0.3 is 0 Å². The van der Waals surface area contributed by atoms with Crippen LogP contribution in [0.5, 0.6) is 0 Å². The second-order valence-electron chi connectivity index (χ2n) is 7.59. The van der Waals surface area contributed by atoms with E-state index in [1.165, 1.54) is 62.8 Å². The molecule has 0 unspecified atom stereocenters. The molecule has 0 N–H and O–H groups in total. The number of anilines is 1. The van der Waals surface area contributed by atoms with Crippen molar-refractivity contribution in [1.82, 2.24) is 9.88 Å². The fraction of sp³-hybridized carbons (Fsp3) is 0.571. The van der Waals surface area contributed by atoms with Crippen molar-refractivity contribution in [1.29, 1.82) is 0 Å². The van der Waals surface area contributed by atoms with Crippen molar-refractivity contribution in [3.05, 3.63) is 36.0 Å². The van der Waals surface area contributed by atoms with Crippen LogP contribution in [0.2, 0.25) is 0 Å². The van der Waals surface area contributed by atoms with E-state index >= 15 is 0 Å². The van der Waals surface area contributed by atoms with E-state index in [1.54, 1.807) is 0 Å². The van der Waals surface area contributed by atoms with Gasteiger partial charge in [-0.3, -0.25) is 9.88 Å². The Labute approximate surface area is 145 Å². The van der Waals surface area contributed by atoms with Gasteiger partial charge in [-0.25, -0.2) is 0 Å². The average molecular weight is 323 g/mol. The monoisotopic (exact) mass is 323 g/mol. The number of benzene rings is 1. The molecule has 2 aliphatic rings. The van der Waals surface area contributed by atoms with Crippen molar-refractivity contribution in [3.8, 4) is 0 Å². The molecule has 3 nitrogen and oxygen atoms in total. The lowest BCUT2D eigenvalue weighted by atomic mass is 9.89. The van der Waals surface area contributed by atoms with Gasteiger partial charge in [-0.1, -0.05) is 37.5 Å². The molecule has 0 bridgehead atoms. The van der Waals surface area contributed by atoms with Crippen LogP contribution in [0.25, 0.3) is 10.9 Å². The molecular formula is C21H29N3. The van der Waals surface area contributed by atoms with Gasteiger partial charge in [-0.05, 0) is 37.8 Å². The molecular weight excluding hydrogens is 294 g/mol. The van der Waals surface area contributed by atoms with Crippen molar-refractivity contribution < 1.29 is 0 Å². The molecule has 1 aromatic heterocycles. The average Bonchev–Trinajstić information content (AvgIpc) is 2.62. The summed E-state index contributed by atoms with van der Waals surface area (Å²) in [6.45, 7) is 8.11. The van der Waals surface area contributed by atoms with Crippen LogP contribution in [0.4, 0.5) is 5.69 Å². The van der Waals surface area contributed by atoms with Crippen LogP contribution in [0, 0.1) is 12.8 Å². The van der Waals surface area contributed by atoms with Crippen LogP contribution >= 0.6 is 0 Å². The first-order chi connectivity index (χ1) is 11.8. The fourth-order valence-corrected chi connectivity index (χ4v) is 4.45. The third-order valence-corrected chi connectivity index (χ3v) is 5.78. The highest BCUT2D eigenvalue weighted by molar-refractivity contribution is 5.92. The molecule has 24 heavy (non-hydrogen) atoms. The number of hydrogen-bond acceptors (Lipinski definition) is 3. The Morgan fingerprint density at radius 1 is 1.00 bits per heavy atom. The SMILES string of the molecule is Cc1cc(N2CCN(CC3CCCCC3)CC2)c2ccccc2n1. The zero-order valence-electron chi connectivity index (χ0n) is 14.9. The van der Waals surface area contributed by atoms with Gasteiger partial charge in [0, 0.05) is 49.5 Å². The van der Waals surface area contributed by atoms with Crippen LogP contribution in [-0.2, 0) is 0 Å². The molecule has 4 rings (SSSR count). The molecule has 0 spiro atoms. The molecule has 128 valence electrons. The maximum absolute atomic E-state index is 4.69. The summed E-state index contributed by atoms with van der Waals surface area (Å²) < 4.78 is 0. The van der Waals surface area contributed by atoms with E-state index < -0.39 is 0 Å². The lowest BCUT2D eigenvalue weighted by Gasteiger charge is -2.38. The van der Waals surface area contributed by atoms with Crippen LogP contribution in [-0.4, -0.2) is 42.6 Å². The smallest absolute Gasteiger partial charge is 0.0726 e. The van der Waals surface area contributed by atoms with Gasteiger partial charge in [-0.2, -0.15) is 0 Å². The van der Waals surface area contributed by atoms with E-state index in [-0.39, 0.29) is 0 Å². The predicted molar refractivity (Wildman–Crippen MR) is 102 cm³/mol. The normalized spacial score (nSPS) is 20.6. The Morgan fingerprint density at radius 3 is 2.54 bits per heavy atom. The number of para-hydroxylation sites is 1. The summed E-state index contributed by atoms with van der Waals surface area (Å²) in [5, 5.41) is 1.30. The molecule has 0 atom stereocenters. The third-order valence-electron chi connectivity index (χ3n) is 5.78. The number of nitrogens with zero attached hydrogens (tertiary/aromatic N) is 3. The molecule has 1 saturated heterocycles. The van der Waals surface area contributed by atoms with E-state index in [2.05, 4.69) is 52.0 Å². The quantitative estimate of drug-likeness (QED) is 0.842. The molecule has 2 heterocycles. The summed E-state index contributed by atoms with van der Waals surface area (Å²) in [4.78, 5) is 9.95. The van der Waals surface area contributed by atoms with Crippen molar-refractivity contribution in [2.24, 2.45) is 5.92 Å². The summed E-state index contributed by atoms with van der Waals surface area (Å²) in [5.41, 5.74) is 3.61. The van der Waals surface area contributed by atoms with Crippen LogP contribution < -0.4 is 4.90 Å². The summed E-state index contributed by atoms with van der Waals surface area (Å²) in [5.74, 6) is 0.953. The number of rotatable bonds is 3. The first-order valence-electron chi connectivity index (χ1n) is 9.63. The Hall–Kier alpha value is -1.61. The van der Waals surface area contributed by atoms with E-state index in [4.69, 9.17) is 0 Å². The first kappa shape index (κ1) is 15.9. The molecule has 2 aromatic rings. The summed E-state index contributed by atoms with van der Waals surface area (Å²) in [6.07, 6.45) is 7.27. The van der Waals surface area contributed by atoms with Crippen LogP contribution in [0.15, 0.2) is 30.3 Å². The molecule has 0 radical (unpaired) electrons. The number of hydrogen-bond donors (Lipinski definition) is 0. The van der Waals surface area contributed by atoms with Crippen molar-refractivity contribution >= 4 is 16.6 Å². The maximum Gasteiger partial charge on any atom is 0.0726 e. The number of aryl methyl sites for hydroxylation is 1. The molecule has 1 saturated carbocycles. The zero-order valence-corrected chi connectivity index (χ0v) is 14.9. The molecule has 1 aliphatic carbocycles. The molecule has 2 fully saturated rings. The fourth-order valence-electron chi connectivity index (χ4n) is 4.45. The van der Waals surface area contributed by atoms with E-state index in [1.807, 2.05) is 0 Å². The lowest BCUT2D eigenvalue weighted by molar-refractivity contribution is 0.192. The minimum atomic E-state index is 0.953. The van der Waals surface area contributed by atoms with Crippen LogP contribution in [0.1, 0.15) is 37.8 Å². The van der Waals surface area contributed by atoms with Crippen molar-refractivity contribution in [2.75, 3.05) is 37.6 Å². The highest BCUT2D eigenvalue weighted by Crippen LogP contribution is 2.29. The van der Waals surface area contributed by atoms with Gasteiger partial charge in [0.15, 0.2) is 0 Å². The Morgan fingerprint density at radius 2 is 1.75 bits per heavy atom. The van der Waals surface area contributed by atoms with Gasteiger partial charge in [0.25, 0.3) is 0 Å². The lowest BCUT2D eigenvalue weighted by Crippen LogP contribution is -2.48. The minimum Gasteiger partial charge on any atom is -0.368 e. The highest BCUT2D eigenvalue weighted by atomic mass is 15.3. The van der Waals surface area contributed by atoms with E-state index in [0.29, 0.717) is 0 Å². The largest absolute Gasteiger partial charge is 0.368 e. The topological polar surface area (TPSA) is 19.4 Å². The number of pyridine rings is 1. The van der Waals surface area contributed by atoms with Crippen LogP contribution in [0.3, 0.4) is 0 Å². The van der Waals surface area contributed by atoms with Gasteiger partial charge in [0.1, 0.15) is 0 Å². The second-order valence-corrected chi connectivity index (χ2v) is 7.59. The van der Waals surface area contributed by atoms with Gasteiger partial charge in [0.2, 0.25) is 0 Å². The Balaban J connectivity index is 1.44. The summed E-state index contributed by atoms with van der Waals surface area (Å²) >= 11 is 0. The van der Waals surface area contributed by atoms with E-state index in [9.17, 15) is 0 Å². The van der Waals surface area contributed by atoms with Crippen molar-refractivity contribution in [3.63, 3.8) is 0 Å². The maximum atomic E-state index is 4.69. The second kappa shape index (κ2) is 7.10. The molecule has 3 heteroatoms. The predicted octanol–water partition coefficient (Wildman–Crippen LogP) is 4.25. The Kier molecular flexibility index (Phi) is 4.70. The Bertz CT molecular complexity index is 683. The number of piperazine rings is 1. The van der Waals surface area contributed by atoms with E-state index in [0.717, 1.165) is 30.2 Å². The highest BCUT2D eigenvalue weighted by Gasteiger charge is 2.22. The van der Waals surface area contributed by atoms with Gasteiger partial charge in [0.05, 0.1) is 5.52 Å². The standard InChI is InChI=1S/C21H29N3/c1-17-15-21(19-9-5-6-10-20(19)22-17)24-13-11-23(12-14-24)16-18-7-3-2-4-8-18/h5-6,9-10,15,18H,2-4,7-8,11-14,16H2,1H3.